The van der Waals surface area contributed by atoms with Gasteiger partial charge >= 0.3 is 0 Å². The monoisotopic (exact) mass is 234 g/mol. The van der Waals surface area contributed by atoms with Gasteiger partial charge in [0, 0.05) is 12.1 Å². The van der Waals surface area contributed by atoms with Crippen molar-refractivity contribution in [3.8, 4) is 11.5 Å². The minimum atomic E-state index is 0.239. The molecule has 3 N–H and O–H groups in total. The van der Waals surface area contributed by atoms with Gasteiger partial charge in [0.2, 0.25) is 0 Å². The predicted molar refractivity (Wildman–Crippen MR) is 64.3 cm³/mol. The van der Waals surface area contributed by atoms with Crippen LogP contribution in [0.4, 0.5) is 5.82 Å². The molecule has 2 aromatic rings. The molecule has 1 aliphatic heterocycles. The molecule has 0 unspecified atom stereocenters. The van der Waals surface area contributed by atoms with Gasteiger partial charge in [0.25, 0.3) is 0 Å². The van der Waals surface area contributed by atoms with Crippen LogP contribution in [0.2, 0.25) is 0 Å². The van der Waals surface area contributed by atoms with Crippen LogP contribution in [0.15, 0.2) is 22.8 Å². The zero-order valence-corrected chi connectivity index (χ0v) is 9.25. The van der Waals surface area contributed by atoms with E-state index in [-0.39, 0.29) is 5.11 Å². The molecule has 3 heterocycles. The molecule has 0 spiro atoms. The number of anilines is 1. The van der Waals surface area contributed by atoms with E-state index in [0.29, 0.717) is 0 Å². The maximum atomic E-state index is 5.61. The maximum Gasteiger partial charge on any atom is 0.193 e. The number of thiocarbonyl (C=S) groups is 1. The van der Waals surface area contributed by atoms with Gasteiger partial charge in [-0.05, 0) is 30.8 Å². The molecule has 1 aliphatic rings. The van der Waals surface area contributed by atoms with Crippen molar-refractivity contribution in [2.75, 3.05) is 11.9 Å². The fraction of sp³-hybridized carbons (Fsp3) is 0.200. The normalized spacial score (nSPS) is 13.5. The SMILES string of the molecule is NC(=S)n1nc(-c2ccco2)c2c1NCC2. The second-order valence-electron chi connectivity index (χ2n) is 3.58. The van der Waals surface area contributed by atoms with Crippen molar-refractivity contribution in [3.63, 3.8) is 0 Å². The molecule has 0 radical (unpaired) electrons. The van der Waals surface area contributed by atoms with E-state index in [1.165, 1.54) is 0 Å². The molecular weight excluding hydrogens is 224 g/mol. The van der Waals surface area contributed by atoms with Crippen LogP contribution >= 0.6 is 12.2 Å². The number of nitrogens with two attached hydrogens (primary N) is 1. The summed E-state index contributed by atoms with van der Waals surface area (Å²) in [6.07, 6.45) is 2.54. The Bertz CT molecular complexity index is 543. The van der Waals surface area contributed by atoms with Crippen molar-refractivity contribution in [2.45, 2.75) is 6.42 Å². The highest BCUT2D eigenvalue weighted by atomic mass is 32.1. The Balaban J connectivity index is 2.20. The predicted octanol–water partition coefficient (Wildman–Crippen LogP) is 1.20. The summed E-state index contributed by atoms with van der Waals surface area (Å²) in [5.41, 5.74) is 7.55. The highest BCUT2D eigenvalue weighted by molar-refractivity contribution is 7.80. The zero-order chi connectivity index (χ0) is 11.1. The van der Waals surface area contributed by atoms with Crippen LogP contribution < -0.4 is 11.1 Å². The third-order valence-electron chi connectivity index (χ3n) is 2.61. The fourth-order valence-corrected chi connectivity index (χ4v) is 2.08. The van der Waals surface area contributed by atoms with Gasteiger partial charge in [-0.25, -0.2) is 0 Å². The molecule has 0 aromatic carbocycles. The summed E-state index contributed by atoms with van der Waals surface area (Å²) in [7, 11) is 0. The third-order valence-corrected chi connectivity index (χ3v) is 2.79. The van der Waals surface area contributed by atoms with Gasteiger partial charge in [0.1, 0.15) is 11.5 Å². The summed E-state index contributed by atoms with van der Waals surface area (Å²) in [4.78, 5) is 0. The lowest BCUT2D eigenvalue weighted by Crippen LogP contribution is -2.22. The van der Waals surface area contributed by atoms with E-state index < -0.39 is 0 Å². The summed E-state index contributed by atoms with van der Waals surface area (Å²) in [6, 6.07) is 3.72. The van der Waals surface area contributed by atoms with Crippen molar-refractivity contribution >= 4 is 23.1 Å². The molecule has 16 heavy (non-hydrogen) atoms. The summed E-state index contributed by atoms with van der Waals surface area (Å²) < 4.78 is 6.90. The lowest BCUT2D eigenvalue weighted by Gasteiger charge is -2.01. The van der Waals surface area contributed by atoms with Gasteiger partial charge in [-0.15, -0.1) is 0 Å². The molecule has 0 aliphatic carbocycles. The van der Waals surface area contributed by atoms with Gasteiger partial charge in [0.05, 0.1) is 6.26 Å². The van der Waals surface area contributed by atoms with Crippen LogP contribution in [0.1, 0.15) is 5.56 Å². The van der Waals surface area contributed by atoms with Gasteiger partial charge in [-0.3, -0.25) is 0 Å². The standard InChI is InChI=1S/C10H10N4OS/c11-10(16)14-9-6(3-4-12-9)8(13-14)7-2-1-5-15-7/h1-2,5,12H,3-4H2,(H2,11,16). The number of rotatable bonds is 1. The number of nitrogens with zero attached hydrogens (tertiary/aromatic N) is 2. The molecule has 0 atom stereocenters. The quantitative estimate of drug-likeness (QED) is 0.726. The Kier molecular flexibility index (Phi) is 1.97. The first-order chi connectivity index (χ1) is 7.77. The Morgan fingerprint density at radius 3 is 3.19 bits per heavy atom. The zero-order valence-electron chi connectivity index (χ0n) is 8.43. The molecule has 0 saturated heterocycles. The number of hydrogen-bond donors (Lipinski definition) is 2. The van der Waals surface area contributed by atoms with E-state index >= 15 is 0 Å². The second-order valence-corrected chi connectivity index (χ2v) is 4.00. The van der Waals surface area contributed by atoms with Crippen molar-refractivity contribution in [3.05, 3.63) is 24.0 Å². The van der Waals surface area contributed by atoms with Crippen molar-refractivity contribution in [2.24, 2.45) is 5.73 Å². The van der Waals surface area contributed by atoms with E-state index in [2.05, 4.69) is 10.4 Å². The van der Waals surface area contributed by atoms with Crippen LogP contribution in [0, 0.1) is 0 Å². The number of nitrogens with one attached hydrogen (secondary N) is 1. The van der Waals surface area contributed by atoms with Crippen LogP contribution in [0.25, 0.3) is 11.5 Å². The molecule has 82 valence electrons. The summed E-state index contributed by atoms with van der Waals surface area (Å²) in [5, 5.41) is 7.83. The average Bonchev–Trinajstić information content (AvgIpc) is 2.93. The fourth-order valence-electron chi connectivity index (χ4n) is 1.95. The summed E-state index contributed by atoms with van der Waals surface area (Å²) in [6.45, 7) is 0.878. The first-order valence-electron chi connectivity index (χ1n) is 4.97. The molecule has 5 nitrogen and oxygen atoms in total. The molecule has 0 bridgehead atoms. The molecule has 0 saturated carbocycles. The van der Waals surface area contributed by atoms with E-state index in [9.17, 15) is 0 Å². The molecule has 6 heteroatoms. The number of aromatic nitrogens is 2. The van der Waals surface area contributed by atoms with E-state index in [1.54, 1.807) is 10.9 Å². The Morgan fingerprint density at radius 1 is 1.62 bits per heavy atom. The Morgan fingerprint density at radius 2 is 2.50 bits per heavy atom. The van der Waals surface area contributed by atoms with Crippen molar-refractivity contribution in [1.82, 2.24) is 9.78 Å². The van der Waals surface area contributed by atoms with Crippen LogP contribution in [-0.2, 0) is 6.42 Å². The first-order valence-corrected chi connectivity index (χ1v) is 5.37. The lowest BCUT2D eigenvalue weighted by atomic mass is 10.2. The van der Waals surface area contributed by atoms with Crippen molar-refractivity contribution in [1.29, 1.82) is 0 Å². The van der Waals surface area contributed by atoms with Gasteiger partial charge < -0.3 is 15.5 Å². The summed E-state index contributed by atoms with van der Waals surface area (Å²) >= 11 is 4.95. The highest BCUT2D eigenvalue weighted by Gasteiger charge is 2.25. The van der Waals surface area contributed by atoms with E-state index in [4.69, 9.17) is 22.4 Å². The smallest absolute Gasteiger partial charge is 0.193 e. The minimum Gasteiger partial charge on any atom is -0.463 e. The Hall–Kier alpha value is -1.82. The molecule has 3 rings (SSSR count). The van der Waals surface area contributed by atoms with E-state index in [0.717, 1.165) is 35.8 Å². The van der Waals surface area contributed by atoms with Gasteiger partial charge in [0.15, 0.2) is 10.9 Å². The maximum absolute atomic E-state index is 5.61. The summed E-state index contributed by atoms with van der Waals surface area (Å²) in [5.74, 6) is 1.63. The number of furan rings is 1. The van der Waals surface area contributed by atoms with E-state index in [1.807, 2.05) is 12.1 Å². The molecule has 2 aromatic heterocycles. The van der Waals surface area contributed by atoms with Crippen LogP contribution in [0.5, 0.6) is 0 Å². The minimum absolute atomic E-state index is 0.239. The molecule has 0 amide bonds. The van der Waals surface area contributed by atoms with Crippen LogP contribution in [-0.4, -0.2) is 21.4 Å². The highest BCUT2D eigenvalue weighted by Crippen LogP contribution is 2.32. The third kappa shape index (κ3) is 1.23. The van der Waals surface area contributed by atoms with Gasteiger partial charge in [-0.1, -0.05) is 0 Å². The lowest BCUT2D eigenvalue weighted by molar-refractivity contribution is 0.578. The first kappa shape index (κ1) is 9.41. The van der Waals surface area contributed by atoms with Gasteiger partial charge in [-0.2, -0.15) is 9.78 Å². The largest absolute Gasteiger partial charge is 0.463 e. The Labute approximate surface area is 97.2 Å². The molecule has 0 fully saturated rings. The average molecular weight is 234 g/mol. The number of fused-ring (bicyclic) bond motifs is 1. The second kappa shape index (κ2) is 3.34. The topological polar surface area (TPSA) is 69.0 Å². The number of hydrogen-bond acceptors (Lipinski definition) is 4. The molecular formula is C10H10N4OS. The van der Waals surface area contributed by atoms with Crippen molar-refractivity contribution < 1.29 is 4.42 Å². The van der Waals surface area contributed by atoms with Crippen LogP contribution in [0.3, 0.4) is 0 Å².